The summed E-state index contributed by atoms with van der Waals surface area (Å²) in [5.74, 6) is -3.18. The van der Waals surface area contributed by atoms with Crippen LogP contribution in [0.4, 0.5) is 13.2 Å². The molecule has 1 saturated heterocycles. The van der Waals surface area contributed by atoms with Crippen molar-refractivity contribution >= 4 is 29.1 Å². The van der Waals surface area contributed by atoms with Gasteiger partial charge in [0.25, 0.3) is 0 Å². The van der Waals surface area contributed by atoms with Crippen molar-refractivity contribution in [2.45, 2.75) is 50.9 Å². The third-order valence-corrected chi connectivity index (χ3v) is 6.81. The summed E-state index contributed by atoms with van der Waals surface area (Å²) in [7, 11) is 2.62. The average molecular weight is 558 g/mol. The SMILES string of the molecule is COc1cc(OC)c(C2CCNC2C(C)OC(C)=O)c(O)c1C(=O)CC(=O)c1cccc(C(F)(F)F)c1Cl. The van der Waals surface area contributed by atoms with Crippen LogP contribution < -0.4 is 14.8 Å². The fourth-order valence-corrected chi connectivity index (χ4v) is 5.11. The van der Waals surface area contributed by atoms with Crippen LogP contribution in [0.15, 0.2) is 24.3 Å². The van der Waals surface area contributed by atoms with Gasteiger partial charge in [0, 0.05) is 30.0 Å². The predicted octanol–water partition coefficient (Wildman–Crippen LogP) is 4.93. The van der Waals surface area contributed by atoms with Crippen molar-refractivity contribution in [2.75, 3.05) is 20.8 Å². The van der Waals surface area contributed by atoms with Gasteiger partial charge in [0.15, 0.2) is 11.6 Å². The number of ether oxygens (including phenoxy) is 3. The van der Waals surface area contributed by atoms with E-state index in [4.69, 9.17) is 25.8 Å². The highest BCUT2D eigenvalue weighted by Crippen LogP contribution is 2.47. The number of methoxy groups -OCH3 is 2. The first kappa shape index (κ1) is 29.2. The number of aromatic hydroxyl groups is 1. The van der Waals surface area contributed by atoms with Gasteiger partial charge in [-0.3, -0.25) is 14.4 Å². The lowest BCUT2D eigenvalue weighted by Crippen LogP contribution is -2.39. The van der Waals surface area contributed by atoms with E-state index in [1.54, 1.807) is 6.92 Å². The Kier molecular flexibility index (Phi) is 8.94. The zero-order chi connectivity index (χ0) is 28.4. The molecule has 0 spiro atoms. The second-order valence-corrected chi connectivity index (χ2v) is 9.17. The van der Waals surface area contributed by atoms with Gasteiger partial charge in [-0.25, -0.2) is 0 Å². The molecule has 2 aromatic carbocycles. The van der Waals surface area contributed by atoms with Gasteiger partial charge in [-0.15, -0.1) is 0 Å². The standard InChI is InChI=1S/C26H27ClF3NO7/c1-12(38-13(2)32)24-15(8-9-31-24)21-19(36-3)11-20(37-4)22(25(21)35)18(34)10-17(33)14-6-5-7-16(23(14)27)26(28,29)30/h5-7,11-12,15,24,31,35H,8-10H2,1-4H3. The van der Waals surface area contributed by atoms with E-state index in [1.807, 2.05) is 0 Å². The van der Waals surface area contributed by atoms with E-state index in [-0.39, 0.29) is 22.6 Å². The number of phenolic OH excluding ortho intramolecular Hbond substituents is 1. The number of hydrogen-bond acceptors (Lipinski definition) is 8. The molecule has 0 amide bonds. The Morgan fingerprint density at radius 1 is 1.16 bits per heavy atom. The number of hydrogen-bond donors (Lipinski definition) is 2. The van der Waals surface area contributed by atoms with Gasteiger partial charge >= 0.3 is 12.1 Å². The van der Waals surface area contributed by atoms with Crippen LogP contribution in [-0.4, -0.2) is 55.6 Å². The number of carbonyl (C=O) groups excluding carboxylic acids is 3. The number of esters is 1. The molecule has 0 aliphatic carbocycles. The van der Waals surface area contributed by atoms with E-state index >= 15 is 0 Å². The molecule has 12 heteroatoms. The second kappa shape index (κ2) is 11.6. The van der Waals surface area contributed by atoms with Crippen LogP contribution in [0.3, 0.4) is 0 Å². The smallest absolute Gasteiger partial charge is 0.417 e. The molecule has 1 fully saturated rings. The van der Waals surface area contributed by atoms with Gasteiger partial charge in [-0.05, 0) is 32.0 Å². The molecular weight excluding hydrogens is 531 g/mol. The molecular formula is C26H27ClF3NO7. The number of nitrogens with one attached hydrogen (secondary N) is 1. The molecule has 0 radical (unpaired) electrons. The Morgan fingerprint density at radius 2 is 1.82 bits per heavy atom. The lowest BCUT2D eigenvalue weighted by Gasteiger charge is -2.28. The summed E-state index contributed by atoms with van der Waals surface area (Å²) in [5, 5.41) is 13.7. The minimum absolute atomic E-state index is 0.0911. The highest BCUT2D eigenvalue weighted by atomic mass is 35.5. The van der Waals surface area contributed by atoms with Crippen molar-refractivity contribution in [2.24, 2.45) is 0 Å². The van der Waals surface area contributed by atoms with Gasteiger partial charge in [0.05, 0.1) is 37.3 Å². The molecule has 1 aliphatic heterocycles. The van der Waals surface area contributed by atoms with Crippen molar-refractivity contribution in [3.8, 4) is 17.2 Å². The number of Topliss-reactive ketones (excluding diaryl/α,β-unsaturated/α-hetero) is 2. The summed E-state index contributed by atoms with van der Waals surface area (Å²) in [4.78, 5) is 37.7. The Morgan fingerprint density at radius 3 is 2.39 bits per heavy atom. The monoisotopic (exact) mass is 557 g/mol. The van der Waals surface area contributed by atoms with Crippen molar-refractivity contribution in [1.29, 1.82) is 0 Å². The fraction of sp³-hybridized carbons (Fsp3) is 0.423. The topological polar surface area (TPSA) is 111 Å². The van der Waals surface area contributed by atoms with Crippen molar-refractivity contribution in [3.63, 3.8) is 0 Å². The van der Waals surface area contributed by atoms with E-state index in [0.29, 0.717) is 13.0 Å². The number of alkyl halides is 3. The number of benzene rings is 2. The average Bonchev–Trinajstić information content (AvgIpc) is 3.31. The molecule has 2 N–H and O–H groups in total. The van der Waals surface area contributed by atoms with E-state index in [2.05, 4.69) is 5.32 Å². The Labute approximate surface area is 222 Å². The largest absolute Gasteiger partial charge is 0.507 e. The second-order valence-electron chi connectivity index (χ2n) is 8.80. The highest BCUT2D eigenvalue weighted by Gasteiger charge is 2.40. The zero-order valence-electron chi connectivity index (χ0n) is 21.1. The summed E-state index contributed by atoms with van der Waals surface area (Å²) in [5.41, 5.74) is -1.76. The molecule has 3 rings (SSSR count). The molecule has 3 unspecified atom stereocenters. The van der Waals surface area contributed by atoms with E-state index in [9.17, 15) is 32.7 Å². The number of halogens is 4. The Hall–Kier alpha value is -3.31. The van der Waals surface area contributed by atoms with Crippen LogP contribution in [-0.2, 0) is 15.7 Å². The maximum absolute atomic E-state index is 13.3. The summed E-state index contributed by atoms with van der Waals surface area (Å²) >= 11 is 5.85. The predicted molar refractivity (Wildman–Crippen MR) is 131 cm³/mol. The molecule has 1 heterocycles. The van der Waals surface area contributed by atoms with Crippen LogP contribution >= 0.6 is 11.6 Å². The maximum atomic E-state index is 13.3. The third-order valence-electron chi connectivity index (χ3n) is 6.41. The zero-order valence-corrected chi connectivity index (χ0v) is 21.8. The Balaban J connectivity index is 2.03. The first-order valence-electron chi connectivity index (χ1n) is 11.6. The lowest BCUT2D eigenvalue weighted by molar-refractivity contribution is -0.146. The molecule has 0 bridgehead atoms. The summed E-state index contributed by atoms with van der Waals surface area (Å²) < 4.78 is 55.8. The molecule has 8 nitrogen and oxygen atoms in total. The van der Waals surface area contributed by atoms with E-state index in [1.165, 1.54) is 27.2 Å². The van der Waals surface area contributed by atoms with Crippen LogP contribution in [0.2, 0.25) is 5.02 Å². The van der Waals surface area contributed by atoms with Gasteiger partial charge in [0.2, 0.25) is 0 Å². The van der Waals surface area contributed by atoms with Crippen molar-refractivity contribution < 1.29 is 46.9 Å². The minimum atomic E-state index is -4.79. The van der Waals surface area contributed by atoms with Gasteiger partial charge in [-0.1, -0.05) is 17.7 Å². The number of phenols is 1. The van der Waals surface area contributed by atoms with Crippen LogP contribution in [0.1, 0.15) is 64.4 Å². The van der Waals surface area contributed by atoms with Crippen LogP contribution in [0.25, 0.3) is 0 Å². The van der Waals surface area contributed by atoms with Gasteiger partial charge < -0.3 is 24.6 Å². The maximum Gasteiger partial charge on any atom is 0.417 e. The van der Waals surface area contributed by atoms with Crippen molar-refractivity contribution in [1.82, 2.24) is 5.32 Å². The van der Waals surface area contributed by atoms with Crippen molar-refractivity contribution in [3.05, 3.63) is 51.5 Å². The van der Waals surface area contributed by atoms with Gasteiger partial charge in [-0.2, -0.15) is 13.2 Å². The fourth-order valence-electron chi connectivity index (χ4n) is 4.77. The molecule has 0 aromatic heterocycles. The van der Waals surface area contributed by atoms with Gasteiger partial charge in [0.1, 0.15) is 28.9 Å². The Bertz CT molecular complexity index is 1250. The van der Waals surface area contributed by atoms with E-state index in [0.717, 1.165) is 18.2 Å². The third kappa shape index (κ3) is 5.88. The van der Waals surface area contributed by atoms with Crippen LogP contribution in [0, 0.1) is 0 Å². The molecule has 1 aliphatic rings. The van der Waals surface area contributed by atoms with Crippen LogP contribution in [0.5, 0.6) is 17.2 Å². The molecule has 0 saturated carbocycles. The lowest BCUT2D eigenvalue weighted by atomic mass is 9.85. The normalized spacial score (nSPS) is 18.1. The first-order valence-corrected chi connectivity index (χ1v) is 12.0. The first-order chi connectivity index (χ1) is 17.8. The number of ketones is 2. The molecule has 3 atom stereocenters. The summed E-state index contributed by atoms with van der Waals surface area (Å²) in [6, 6.07) is 3.80. The highest BCUT2D eigenvalue weighted by molar-refractivity contribution is 6.35. The molecule has 2 aromatic rings. The summed E-state index contributed by atoms with van der Waals surface area (Å²) in [6.45, 7) is 3.48. The quantitative estimate of drug-likeness (QED) is 0.253. The van der Waals surface area contributed by atoms with E-state index < -0.39 is 70.1 Å². The number of rotatable bonds is 9. The number of carbonyl (C=O) groups is 3. The minimum Gasteiger partial charge on any atom is -0.507 e. The molecule has 38 heavy (non-hydrogen) atoms. The molecule has 206 valence electrons. The summed E-state index contributed by atoms with van der Waals surface area (Å²) in [6.07, 6.45) is -5.76.